The number of piperazine rings is 1. The molecule has 0 radical (unpaired) electrons. The molecule has 2 aliphatic rings. The van der Waals surface area contributed by atoms with Gasteiger partial charge < -0.3 is 15.4 Å². The molecule has 2 aliphatic heterocycles. The molecule has 0 aliphatic carbocycles. The van der Waals surface area contributed by atoms with Crippen LogP contribution >= 0.6 is 0 Å². The zero-order valence-corrected chi connectivity index (χ0v) is 14.9. The highest BCUT2D eigenvalue weighted by Crippen LogP contribution is 2.27. The van der Waals surface area contributed by atoms with Gasteiger partial charge in [-0.05, 0) is 24.5 Å². The van der Waals surface area contributed by atoms with Gasteiger partial charge in [-0.15, -0.1) is 0 Å². The smallest absolute Gasteiger partial charge is 0.240 e. The third-order valence-electron chi connectivity index (χ3n) is 5.57. The van der Waals surface area contributed by atoms with E-state index in [1.807, 2.05) is 17.0 Å². The van der Waals surface area contributed by atoms with Gasteiger partial charge in [-0.2, -0.15) is 0 Å². The molecule has 3 rings (SSSR count). The van der Waals surface area contributed by atoms with E-state index in [1.165, 1.54) is 11.1 Å². The molecule has 1 aromatic rings. The average molecular weight is 345 g/mol. The van der Waals surface area contributed by atoms with Gasteiger partial charge in [0.05, 0.1) is 6.61 Å². The van der Waals surface area contributed by atoms with Crippen molar-refractivity contribution in [2.45, 2.75) is 31.7 Å². The summed E-state index contributed by atoms with van der Waals surface area (Å²) in [5.41, 5.74) is 7.41. The highest BCUT2D eigenvalue weighted by Gasteiger charge is 2.47. The summed E-state index contributed by atoms with van der Waals surface area (Å²) in [5, 5.41) is 0. The number of carbonyl (C=O) groups is 2. The first-order valence-corrected chi connectivity index (χ1v) is 8.98. The highest BCUT2D eigenvalue weighted by molar-refractivity contribution is 5.85. The first kappa shape index (κ1) is 17.9. The fourth-order valence-electron chi connectivity index (χ4n) is 3.83. The molecule has 1 unspecified atom stereocenters. The van der Waals surface area contributed by atoms with Crippen molar-refractivity contribution < 1.29 is 14.3 Å². The molecule has 0 saturated carbocycles. The van der Waals surface area contributed by atoms with Crippen LogP contribution in [-0.4, -0.2) is 66.5 Å². The Labute approximate surface area is 148 Å². The normalized spacial score (nSPS) is 24.4. The maximum atomic E-state index is 12.5. The minimum absolute atomic E-state index is 0.179. The molecular formula is C19H27N3O3. The number of carbonyl (C=O) groups excluding carboxylic acids is 2. The number of nitrogens with two attached hydrogens (primary N) is 1. The number of benzene rings is 1. The molecule has 1 atom stereocenters. The van der Waals surface area contributed by atoms with Crippen LogP contribution in [0.25, 0.3) is 0 Å². The Bertz CT molecular complexity index is 633. The van der Waals surface area contributed by atoms with Gasteiger partial charge in [0, 0.05) is 45.6 Å². The molecule has 6 nitrogen and oxygen atoms in total. The van der Waals surface area contributed by atoms with Crippen molar-refractivity contribution in [3.05, 3.63) is 35.4 Å². The first-order valence-electron chi connectivity index (χ1n) is 8.98. The van der Waals surface area contributed by atoms with Gasteiger partial charge >= 0.3 is 0 Å². The van der Waals surface area contributed by atoms with Gasteiger partial charge in [0.2, 0.25) is 11.8 Å². The van der Waals surface area contributed by atoms with Crippen LogP contribution in [0.4, 0.5) is 0 Å². The van der Waals surface area contributed by atoms with Crippen molar-refractivity contribution in [3.63, 3.8) is 0 Å². The van der Waals surface area contributed by atoms with Crippen LogP contribution in [0.15, 0.2) is 24.3 Å². The van der Waals surface area contributed by atoms with Crippen molar-refractivity contribution in [3.8, 4) is 0 Å². The number of aryl methyl sites for hydroxylation is 2. The van der Waals surface area contributed by atoms with E-state index in [9.17, 15) is 9.59 Å². The Morgan fingerprint density at radius 2 is 1.92 bits per heavy atom. The Morgan fingerprint density at radius 3 is 2.52 bits per heavy atom. The number of ether oxygens (including phenoxy) is 1. The van der Waals surface area contributed by atoms with E-state index in [1.54, 1.807) is 0 Å². The standard InChI is InChI=1S/C19H27N3O3/c1-15-4-2-3-5-16(15)6-7-17(23)21-9-11-22(12-10-21)19(18(20)24)8-13-25-14-19/h2-5H,6-14H2,1H3,(H2,20,24). The van der Waals surface area contributed by atoms with Crippen molar-refractivity contribution >= 4 is 11.8 Å². The Morgan fingerprint density at radius 1 is 1.20 bits per heavy atom. The molecule has 1 aromatic carbocycles. The lowest BCUT2D eigenvalue weighted by molar-refractivity contribution is -0.137. The first-order chi connectivity index (χ1) is 12.0. The lowest BCUT2D eigenvalue weighted by atomic mass is 9.94. The average Bonchev–Trinajstić information content (AvgIpc) is 3.12. The number of nitrogens with zero attached hydrogens (tertiary/aromatic N) is 2. The minimum Gasteiger partial charge on any atom is -0.379 e. The van der Waals surface area contributed by atoms with Gasteiger partial charge in [-0.3, -0.25) is 14.5 Å². The molecule has 6 heteroatoms. The Kier molecular flexibility index (Phi) is 5.39. The third-order valence-corrected chi connectivity index (χ3v) is 5.57. The summed E-state index contributed by atoms with van der Waals surface area (Å²) in [6.07, 6.45) is 1.93. The summed E-state index contributed by atoms with van der Waals surface area (Å²) in [6, 6.07) is 8.18. The van der Waals surface area contributed by atoms with Crippen molar-refractivity contribution in [1.82, 2.24) is 9.80 Å². The van der Waals surface area contributed by atoms with Crippen LogP contribution in [0.2, 0.25) is 0 Å². The van der Waals surface area contributed by atoms with Crippen LogP contribution in [0, 0.1) is 6.92 Å². The van der Waals surface area contributed by atoms with Crippen LogP contribution < -0.4 is 5.73 Å². The van der Waals surface area contributed by atoms with E-state index in [0.717, 1.165) is 6.42 Å². The summed E-state index contributed by atoms with van der Waals surface area (Å²) in [4.78, 5) is 28.5. The lowest BCUT2D eigenvalue weighted by Gasteiger charge is -2.43. The molecule has 2 fully saturated rings. The predicted molar refractivity (Wildman–Crippen MR) is 95.0 cm³/mol. The van der Waals surface area contributed by atoms with Crippen LogP contribution in [0.3, 0.4) is 0 Å². The van der Waals surface area contributed by atoms with Gasteiger partial charge in [0.1, 0.15) is 5.54 Å². The number of hydrogen-bond donors (Lipinski definition) is 1. The number of rotatable bonds is 5. The minimum atomic E-state index is -0.684. The molecule has 0 spiro atoms. The SMILES string of the molecule is Cc1ccccc1CCC(=O)N1CCN(C2(C(N)=O)CCOC2)CC1. The fourth-order valence-corrected chi connectivity index (χ4v) is 3.83. The highest BCUT2D eigenvalue weighted by atomic mass is 16.5. The molecule has 136 valence electrons. The Balaban J connectivity index is 1.52. The van der Waals surface area contributed by atoms with Gasteiger partial charge in [-0.25, -0.2) is 0 Å². The lowest BCUT2D eigenvalue weighted by Crippen LogP contribution is -2.63. The summed E-state index contributed by atoms with van der Waals surface area (Å²) < 4.78 is 5.42. The van der Waals surface area contributed by atoms with E-state index in [-0.39, 0.29) is 11.8 Å². The second-order valence-electron chi connectivity index (χ2n) is 6.99. The van der Waals surface area contributed by atoms with Gasteiger partial charge in [0.25, 0.3) is 0 Å². The molecule has 0 aromatic heterocycles. The summed E-state index contributed by atoms with van der Waals surface area (Å²) in [6.45, 7) is 5.63. The second-order valence-corrected chi connectivity index (χ2v) is 6.99. The van der Waals surface area contributed by atoms with Crippen LogP contribution in [-0.2, 0) is 20.7 Å². The number of hydrogen-bond acceptors (Lipinski definition) is 4. The topological polar surface area (TPSA) is 75.9 Å². The molecule has 0 bridgehead atoms. The molecule has 2 amide bonds. The van der Waals surface area contributed by atoms with E-state index in [0.29, 0.717) is 52.2 Å². The van der Waals surface area contributed by atoms with Crippen LogP contribution in [0.1, 0.15) is 24.0 Å². The van der Waals surface area contributed by atoms with E-state index in [2.05, 4.69) is 24.0 Å². The number of primary amides is 1. The fraction of sp³-hybridized carbons (Fsp3) is 0.579. The van der Waals surface area contributed by atoms with E-state index >= 15 is 0 Å². The number of amides is 2. The van der Waals surface area contributed by atoms with Crippen molar-refractivity contribution in [2.24, 2.45) is 5.73 Å². The van der Waals surface area contributed by atoms with E-state index in [4.69, 9.17) is 10.5 Å². The molecule has 2 saturated heterocycles. The third kappa shape index (κ3) is 3.70. The maximum absolute atomic E-state index is 12.5. The Hall–Kier alpha value is -1.92. The molecule has 25 heavy (non-hydrogen) atoms. The monoisotopic (exact) mass is 345 g/mol. The van der Waals surface area contributed by atoms with Crippen molar-refractivity contribution in [2.75, 3.05) is 39.4 Å². The second kappa shape index (κ2) is 7.54. The predicted octanol–water partition coefficient (Wildman–Crippen LogP) is 0.716. The van der Waals surface area contributed by atoms with Gasteiger partial charge in [-0.1, -0.05) is 24.3 Å². The largest absolute Gasteiger partial charge is 0.379 e. The van der Waals surface area contributed by atoms with E-state index < -0.39 is 5.54 Å². The zero-order valence-electron chi connectivity index (χ0n) is 14.9. The summed E-state index contributed by atoms with van der Waals surface area (Å²) >= 11 is 0. The molecule has 2 N–H and O–H groups in total. The summed E-state index contributed by atoms with van der Waals surface area (Å²) in [5.74, 6) is -0.136. The van der Waals surface area contributed by atoms with Gasteiger partial charge in [0.15, 0.2) is 0 Å². The molecule has 2 heterocycles. The molecular weight excluding hydrogens is 318 g/mol. The summed E-state index contributed by atoms with van der Waals surface area (Å²) in [7, 11) is 0. The van der Waals surface area contributed by atoms with Crippen LogP contribution in [0.5, 0.6) is 0 Å². The maximum Gasteiger partial charge on any atom is 0.240 e. The van der Waals surface area contributed by atoms with Crippen molar-refractivity contribution in [1.29, 1.82) is 0 Å². The zero-order chi connectivity index (χ0) is 17.9. The quantitative estimate of drug-likeness (QED) is 0.853.